The number of nitrogens with one attached hydrogen (secondary N) is 1. The van der Waals surface area contributed by atoms with Gasteiger partial charge in [0.25, 0.3) is 5.56 Å². The average molecular weight is 428 g/mol. The minimum atomic E-state index is -0.206. The Labute approximate surface area is 179 Å². The number of H-pyrrole nitrogens is 1. The van der Waals surface area contributed by atoms with Gasteiger partial charge in [0, 0.05) is 13.1 Å². The number of likely N-dealkylation sites (N-methyl/N-ethyl adjacent to an activating group) is 1. The molecule has 2 heterocycles. The van der Waals surface area contributed by atoms with Gasteiger partial charge in [0.15, 0.2) is 11.5 Å². The van der Waals surface area contributed by atoms with Gasteiger partial charge in [0.2, 0.25) is 5.91 Å². The molecular weight excluding hydrogens is 402 g/mol. The number of hydrogen-bond donors (Lipinski definition) is 1. The molecule has 3 aromatic rings. The van der Waals surface area contributed by atoms with E-state index in [2.05, 4.69) is 23.8 Å². The predicted octanol–water partition coefficient (Wildman–Crippen LogP) is 3.70. The molecule has 8 heteroatoms. The van der Waals surface area contributed by atoms with Gasteiger partial charge >= 0.3 is 0 Å². The molecular formula is C22H25N3O4S. The van der Waals surface area contributed by atoms with Gasteiger partial charge in [0.05, 0.1) is 25.8 Å². The fraction of sp³-hybridized carbons (Fsp3) is 0.318. The smallest absolute Gasteiger partial charge is 0.268 e. The first-order valence-electron chi connectivity index (χ1n) is 9.57. The Morgan fingerprint density at radius 3 is 2.83 bits per heavy atom. The van der Waals surface area contributed by atoms with Crippen LogP contribution in [0.25, 0.3) is 16.3 Å². The lowest BCUT2D eigenvalue weighted by molar-refractivity contribution is -0.125. The van der Waals surface area contributed by atoms with Crippen molar-refractivity contribution in [3.8, 4) is 11.5 Å². The predicted molar refractivity (Wildman–Crippen MR) is 119 cm³/mol. The summed E-state index contributed by atoms with van der Waals surface area (Å²) >= 11 is 1.34. The molecule has 0 saturated heterocycles. The van der Waals surface area contributed by atoms with E-state index in [-0.39, 0.29) is 18.0 Å². The standard InChI is InChI=1S/C22H25N3O4S/c1-14(2)13-29-17-7-5-15(11-18(17)28-4)6-8-20(26)25(3)12-19-23-16-9-10-30-21(16)22(27)24-19/h5-11,14H,12-13H2,1-4H3,(H,23,24,27)/b8-6+. The third-order valence-corrected chi connectivity index (χ3v) is 5.21. The third-order valence-electron chi connectivity index (χ3n) is 4.31. The van der Waals surface area contributed by atoms with E-state index in [1.54, 1.807) is 26.3 Å². The number of hydrogen-bond acceptors (Lipinski definition) is 6. The molecule has 1 N–H and O–H groups in total. The zero-order valence-corrected chi connectivity index (χ0v) is 18.3. The number of carbonyl (C=O) groups excluding carboxylic acids is 1. The quantitative estimate of drug-likeness (QED) is 0.554. The largest absolute Gasteiger partial charge is 0.493 e. The molecule has 1 amide bonds. The molecule has 0 atom stereocenters. The Bertz CT molecular complexity index is 1120. The first-order valence-corrected chi connectivity index (χ1v) is 10.5. The van der Waals surface area contributed by atoms with Crippen LogP contribution >= 0.6 is 11.3 Å². The molecule has 2 aromatic heterocycles. The number of aromatic amines is 1. The lowest BCUT2D eigenvalue weighted by atomic mass is 10.2. The van der Waals surface area contributed by atoms with Gasteiger partial charge in [-0.05, 0) is 41.1 Å². The summed E-state index contributed by atoms with van der Waals surface area (Å²) in [5, 5.41) is 1.82. The summed E-state index contributed by atoms with van der Waals surface area (Å²) in [4.78, 5) is 33.2. The maximum absolute atomic E-state index is 12.5. The topological polar surface area (TPSA) is 84.5 Å². The SMILES string of the molecule is COc1cc(/C=C/C(=O)N(C)Cc2nc3ccsc3c(=O)[nH]2)ccc1OCC(C)C. The van der Waals surface area contributed by atoms with Crippen molar-refractivity contribution in [2.24, 2.45) is 5.92 Å². The zero-order chi connectivity index (χ0) is 21.7. The molecule has 3 rings (SSSR count). The number of ether oxygens (including phenoxy) is 2. The Hall–Kier alpha value is -3.13. The molecule has 0 saturated carbocycles. The first kappa shape index (κ1) is 21.6. The normalized spacial score (nSPS) is 11.4. The van der Waals surface area contributed by atoms with Crippen LogP contribution < -0.4 is 15.0 Å². The van der Waals surface area contributed by atoms with E-state index < -0.39 is 0 Å². The van der Waals surface area contributed by atoms with Crippen LogP contribution in [0.3, 0.4) is 0 Å². The van der Waals surface area contributed by atoms with Gasteiger partial charge in [-0.2, -0.15) is 0 Å². The Morgan fingerprint density at radius 2 is 2.10 bits per heavy atom. The maximum atomic E-state index is 12.5. The number of amides is 1. The number of benzene rings is 1. The lowest BCUT2D eigenvalue weighted by Crippen LogP contribution is -2.26. The van der Waals surface area contributed by atoms with E-state index in [1.165, 1.54) is 22.3 Å². The monoisotopic (exact) mass is 427 g/mol. The number of nitrogens with zero attached hydrogens (tertiary/aromatic N) is 2. The maximum Gasteiger partial charge on any atom is 0.268 e. The van der Waals surface area contributed by atoms with Crippen LogP contribution in [0.15, 0.2) is 40.5 Å². The highest BCUT2D eigenvalue weighted by Gasteiger charge is 2.11. The number of thiophene rings is 1. The summed E-state index contributed by atoms with van der Waals surface area (Å²) in [6.07, 6.45) is 3.19. The molecule has 158 valence electrons. The first-order chi connectivity index (χ1) is 14.4. The van der Waals surface area contributed by atoms with Crippen LogP contribution in [-0.2, 0) is 11.3 Å². The van der Waals surface area contributed by atoms with Crippen LogP contribution in [0.4, 0.5) is 0 Å². The molecule has 0 fully saturated rings. The summed E-state index contributed by atoms with van der Waals surface area (Å²) in [5.74, 6) is 1.94. The van der Waals surface area contributed by atoms with E-state index in [0.717, 1.165) is 5.56 Å². The minimum Gasteiger partial charge on any atom is -0.493 e. The highest BCUT2D eigenvalue weighted by molar-refractivity contribution is 7.17. The van der Waals surface area contributed by atoms with Crippen molar-refractivity contribution in [2.45, 2.75) is 20.4 Å². The van der Waals surface area contributed by atoms with E-state index in [4.69, 9.17) is 9.47 Å². The molecule has 0 radical (unpaired) electrons. The summed E-state index contributed by atoms with van der Waals surface area (Å²) in [7, 11) is 3.25. The van der Waals surface area contributed by atoms with Crippen molar-refractivity contribution in [3.63, 3.8) is 0 Å². The fourth-order valence-electron chi connectivity index (χ4n) is 2.76. The van der Waals surface area contributed by atoms with Crippen molar-refractivity contribution < 1.29 is 14.3 Å². The van der Waals surface area contributed by atoms with Crippen LogP contribution in [0.2, 0.25) is 0 Å². The molecule has 1 aromatic carbocycles. The highest BCUT2D eigenvalue weighted by Crippen LogP contribution is 2.29. The molecule has 0 aliphatic carbocycles. The van der Waals surface area contributed by atoms with Crippen LogP contribution in [0.5, 0.6) is 11.5 Å². The second-order valence-corrected chi connectivity index (χ2v) is 8.21. The molecule has 7 nitrogen and oxygen atoms in total. The van der Waals surface area contributed by atoms with Crippen molar-refractivity contribution in [1.82, 2.24) is 14.9 Å². The van der Waals surface area contributed by atoms with Crippen molar-refractivity contribution in [3.05, 3.63) is 57.5 Å². The Morgan fingerprint density at radius 1 is 1.30 bits per heavy atom. The van der Waals surface area contributed by atoms with Crippen LogP contribution in [0, 0.1) is 5.92 Å². The van der Waals surface area contributed by atoms with Gasteiger partial charge in [-0.25, -0.2) is 4.98 Å². The number of fused-ring (bicyclic) bond motifs is 1. The second-order valence-electron chi connectivity index (χ2n) is 7.29. The summed E-state index contributed by atoms with van der Waals surface area (Å²) in [6, 6.07) is 7.32. The number of rotatable bonds is 8. The Kier molecular flexibility index (Phi) is 6.89. The van der Waals surface area contributed by atoms with Gasteiger partial charge in [0.1, 0.15) is 10.5 Å². The van der Waals surface area contributed by atoms with Gasteiger partial charge < -0.3 is 19.4 Å². The van der Waals surface area contributed by atoms with Gasteiger partial charge in [-0.3, -0.25) is 9.59 Å². The van der Waals surface area contributed by atoms with E-state index in [0.29, 0.717) is 40.1 Å². The van der Waals surface area contributed by atoms with Crippen molar-refractivity contribution in [2.75, 3.05) is 20.8 Å². The zero-order valence-electron chi connectivity index (χ0n) is 17.5. The summed E-state index contributed by atoms with van der Waals surface area (Å²) < 4.78 is 11.7. The Balaban J connectivity index is 1.67. The third kappa shape index (κ3) is 5.27. The van der Waals surface area contributed by atoms with Gasteiger partial charge in [-0.1, -0.05) is 19.9 Å². The minimum absolute atomic E-state index is 0.187. The van der Waals surface area contributed by atoms with Crippen LogP contribution in [-0.4, -0.2) is 41.5 Å². The number of methoxy groups -OCH3 is 1. The lowest BCUT2D eigenvalue weighted by Gasteiger charge is -2.14. The highest BCUT2D eigenvalue weighted by atomic mass is 32.1. The summed E-state index contributed by atoms with van der Waals surface area (Å²) in [5.41, 5.74) is 1.27. The van der Waals surface area contributed by atoms with Crippen molar-refractivity contribution >= 4 is 33.5 Å². The summed E-state index contributed by atoms with van der Waals surface area (Å²) in [6.45, 7) is 4.96. The van der Waals surface area contributed by atoms with E-state index in [9.17, 15) is 9.59 Å². The molecule has 30 heavy (non-hydrogen) atoms. The molecule has 0 unspecified atom stereocenters. The molecule has 0 aliphatic rings. The molecule has 0 spiro atoms. The number of aromatic nitrogens is 2. The van der Waals surface area contributed by atoms with Gasteiger partial charge in [-0.15, -0.1) is 11.3 Å². The average Bonchev–Trinajstić information content (AvgIpc) is 3.19. The molecule has 0 bridgehead atoms. The van der Waals surface area contributed by atoms with Crippen molar-refractivity contribution in [1.29, 1.82) is 0 Å². The second kappa shape index (κ2) is 9.58. The fourth-order valence-corrected chi connectivity index (χ4v) is 3.48. The van der Waals surface area contributed by atoms with E-state index in [1.807, 2.05) is 23.6 Å². The van der Waals surface area contributed by atoms with Crippen LogP contribution in [0.1, 0.15) is 25.2 Å². The number of carbonyl (C=O) groups is 1. The molecule has 0 aliphatic heterocycles. The van der Waals surface area contributed by atoms with E-state index >= 15 is 0 Å².